The molecule has 1 aromatic carbocycles. The van der Waals surface area contributed by atoms with Gasteiger partial charge in [-0.05, 0) is 89.0 Å². The quantitative estimate of drug-likeness (QED) is 0.431. The molecule has 2 heterocycles. The third-order valence-electron chi connectivity index (χ3n) is 7.55. The van der Waals surface area contributed by atoms with E-state index in [1.165, 1.54) is 0 Å². The van der Waals surface area contributed by atoms with Gasteiger partial charge in [0, 0.05) is 31.8 Å². The summed E-state index contributed by atoms with van der Waals surface area (Å²) in [4.78, 5) is 14.2. The molecule has 1 saturated heterocycles. The first-order valence-electron chi connectivity index (χ1n) is 12.9. The van der Waals surface area contributed by atoms with E-state index in [0.717, 1.165) is 49.0 Å². The normalized spacial score (nSPS) is 22.8. The number of methoxy groups -OCH3 is 1. The maximum Gasteiger partial charge on any atom is 0.410 e. The number of carbonyl (C=O) groups is 1. The first-order chi connectivity index (χ1) is 16.2. The van der Waals surface area contributed by atoms with Crippen LogP contribution in [0.5, 0.6) is 5.75 Å². The Labute approximate surface area is 211 Å². The number of amidine groups is 1. The van der Waals surface area contributed by atoms with Crippen LogP contribution in [0.2, 0.25) is 0 Å². The van der Waals surface area contributed by atoms with Crippen LogP contribution in [0, 0.1) is 10.8 Å². The Morgan fingerprint density at radius 2 is 1.80 bits per heavy atom. The minimum atomic E-state index is -0.492. The molecule has 0 aromatic heterocycles. The summed E-state index contributed by atoms with van der Waals surface area (Å²) in [5.74, 6) is 1.30. The van der Waals surface area contributed by atoms with Gasteiger partial charge in [0.1, 0.15) is 28.9 Å². The van der Waals surface area contributed by atoms with E-state index in [1.54, 1.807) is 12.0 Å². The molecule has 0 radical (unpaired) electrons. The van der Waals surface area contributed by atoms with Crippen LogP contribution in [0.15, 0.2) is 18.2 Å². The van der Waals surface area contributed by atoms with Crippen LogP contribution in [0.4, 0.5) is 4.79 Å². The number of nitrogens with one attached hydrogen (secondary N) is 2. The molecule has 7 nitrogen and oxygen atoms in total. The number of amides is 1. The van der Waals surface area contributed by atoms with Crippen molar-refractivity contribution in [2.45, 2.75) is 104 Å². The average molecular weight is 488 g/mol. The van der Waals surface area contributed by atoms with Crippen molar-refractivity contribution in [3.05, 3.63) is 29.3 Å². The van der Waals surface area contributed by atoms with E-state index in [0.29, 0.717) is 18.9 Å². The van der Waals surface area contributed by atoms with Crippen molar-refractivity contribution in [1.82, 2.24) is 10.2 Å². The lowest BCUT2D eigenvalue weighted by atomic mass is 9.72. The van der Waals surface area contributed by atoms with Gasteiger partial charge in [-0.2, -0.15) is 0 Å². The minimum absolute atomic E-state index is 0.0256. The van der Waals surface area contributed by atoms with Crippen molar-refractivity contribution in [3.63, 3.8) is 0 Å². The van der Waals surface area contributed by atoms with Gasteiger partial charge < -0.3 is 24.4 Å². The van der Waals surface area contributed by atoms with E-state index in [1.807, 2.05) is 32.9 Å². The zero-order valence-corrected chi connectivity index (χ0v) is 22.9. The van der Waals surface area contributed by atoms with E-state index in [9.17, 15) is 4.79 Å². The number of benzene rings is 1. The van der Waals surface area contributed by atoms with Gasteiger partial charge in [0.2, 0.25) is 0 Å². The predicted octanol–water partition coefficient (Wildman–Crippen LogP) is 5.54. The summed E-state index contributed by atoms with van der Waals surface area (Å²) in [6.07, 6.45) is 4.08. The first kappa shape index (κ1) is 27.3. The van der Waals surface area contributed by atoms with Crippen molar-refractivity contribution in [1.29, 1.82) is 5.41 Å². The molecular weight excluding hydrogens is 442 g/mol. The number of hydrogen-bond acceptors (Lipinski definition) is 5. The smallest absolute Gasteiger partial charge is 0.410 e. The fourth-order valence-electron chi connectivity index (χ4n) is 4.89. The van der Waals surface area contributed by atoms with Crippen LogP contribution in [0.1, 0.15) is 85.3 Å². The Hall–Kier alpha value is -2.28. The second kappa shape index (κ2) is 10.4. The summed E-state index contributed by atoms with van der Waals surface area (Å²) in [6.45, 7) is 15.7. The lowest BCUT2D eigenvalue weighted by Gasteiger charge is -2.47. The van der Waals surface area contributed by atoms with E-state index in [2.05, 4.69) is 39.1 Å². The molecule has 7 heteroatoms. The molecule has 2 N–H and O–H groups in total. The molecule has 3 rings (SSSR count). The van der Waals surface area contributed by atoms with Gasteiger partial charge in [-0.3, -0.25) is 5.41 Å². The maximum atomic E-state index is 12.4. The number of likely N-dealkylation sites (tertiary alicyclic amines) is 1. The molecule has 0 aliphatic carbocycles. The topological polar surface area (TPSA) is 83.9 Å². The molecule has 0 unspecified atom stereocenters. The molecule has 0 saturated carbocycles. The Morgan fingerprint density at radius 3 is 2.43 bits per heavy atom. The number of carbonyl (C=O) groups excluding carboxylic acids is 1. The second-order valence-corrected chi connectivity index (χ2v) is 12.1. The number of nitrogens with zero attached hydrogens (tertiary/aromatic N) is 1. The highest BCUT2D eigenvalue weighted by atomic mass is 16.6. The van der Waals surface area contributed by atoms with E-state index in [-0.39, 0.29) is 23.7 Å². The third kappa shape index (κ3) is 6.49. The molecule has 35 heavy (non-hydrogen) atoms. The highest BCUT2D eigenvalue weighted by Gasteiger charge is 2.47. The third-order valence-corrected chi connectivity index (χ3v) is 7.55. The summed E-state index contributed by atoms with van der Waals surface area (Å²) in [6, 6.07) is 6.18. The Morgan fingerprint density at radius 1 is 1.09 bits per heavy atom. The minimum Gasteiger partial charge on any atom is -0.487 e. The second-order valence-electron chi connectivity index (χ2n) is 12.1. The van der Waals surface area contributed by atoms with Crippen molar-refractivity contribution in [3.8, 4) is 5.75 Å². The number of ether oxygens (including phenoxy) is 3. The fourth-order valence-corrected chi connectivity index (χ4v) is 4.89. The summed E-state index contributed by atoms with van der Waals surface area (Å²) in [5, 5.41) is 12.1. The fraction of sp³-hybridized carbons (Fsp3) is 0.714. The van der Waals surface area contributed by atoms with Crippen LogP contribution >= 0.6 is 0 Å². The van der Waals surface area contributed by atoms with Crippen LogP contribution in [0.25, 0.3) is 0 Å². The van der Waals surface area contributed by atoms with Crippen LogP contribution in [-0.2, 0) is 15.9 Å². The molecule has 196 valence electrons. The van der Waals surface area contributed by atoms with Gasteiger partial charge in [0.25, 0.3) is 0 Å². The Bertz CT molecular complexity index is 918. The van der Waals surface area contributed by atoms with Gasteiger partial charge in [-0.25, -0.2) is 4.79 Å². The summed E-state index contributed by atoms with van der Waals surface area (Å²) in [7, 11) is 1.76. The molecule has 3 atom stereocenters. The van der Waals surface area contributed by atoms with Gasteiger partial charge >= 0.3 is 6.09 Å². The van der Waals surface area contributed by atoms with Gasteiger partial charge in [-0.1, -0.05) is 20.8 Å². The molecule has 0 spiro atoms. The standard InChI is InChI=1S/C28H45N3O4/c1-26(2,3)28(7,33-8)23-14-12-19-18-20(11-13-22(19)34-23)24(29)30-21-10-9-16-31(17-15-21)25(32)35-27(4,5)6/h11,13,18,21,23H,9-10,12,14-17H2,1-8H3,(H2,29,30)/t21-,23-,28+/m1/s1. The largest absolute Gasteiger partial charge is 0.487 e. The van der Waals surface area contributed by atoms with Crippen LogP contribution < -0.4 is 10.1 Å². The number of hydrogen-bond donors (Lipinski definition) is 2. The lowest BCUT2D eigenvalue weighted by molar-refractivity contribution is -0.147. The average Bonchev–Trinajstić information content (AvgIpc) is 3.01. The molecular formula is C28H45N3O4. The van der Waals surface area contributed by atoms with Gasteiger partial charge in [-0.15, -0.1) is 0 Å². The summed E-state index contributed by atoms with van der Waals surface area (Å²) in [5.41, 5.74) is 1.05. The highest BCUT2D eigenvalue weighted by Crippen LogP contribution is 2.42. The zero-order chi connectivity index (χ0) is 26.0. The van der Waals surface area contributed by atoms with E-state index in [4.69, 9.17) is 19.6 Å². The van der Waals surface area contributed by atoms with Crippen molar-refractivity contribution in [2.75, 3.05) is 20.2 Å². The zero-order valence-electron chi connectivity index (χ0n) is 22.9. The molecule has 0 bridgehead atoms. The molecule has 1 fully saturated rings. The Balaban J connectivity index is 1.61. The summed E-state index contributed by atoms with van der Waals surface area (Å²) < 4.78 is 17.9. The monoisotopic (exact) mass is 487 g/mol. The Kier molecular flexibility index (Phi) is 8.09. The molecule has 1 aromatic rings. The van der Waals surface area contributed by atoms with Gasteiger partial charge in [0.05, 0.1) is 0 Å². The highest BCUT2D eigenvalue weighted by molar-refractivity contribution is 5.96. The van der Waals surface area contributed by atoms with Crippen LogP contribution in [0.3, 0.4) is 0 Å². The van der Waals surface area contributed by atoms with Crippen molar-refractivity contribution in [2.24, 2.45) is 5.41 Å². The predicted molar refractivity (Wildman–Crippen MR) is 139 cm³/mol. The van der Waals surface area contributed by atoms with E-state index >= 15 is 0 Å². The van der Waals surface area contributed by atoms with Gasteiger partial charge in [0.15, 0.2) is 0 Å². The lowest BCUT2D eigenvalue weighted by Crippen LogP contribution is -2.55. The number of aryl methyl sites for hydroxylation is 1. The van der Waals surface area contributed by atoms with E-state index < -0.39 is 11.2 Å². The molecule has 2 aliphatic heterocycles. The molecule has 1 amide bonds. The SMILES string of the molecule is CO[C@@](C)([C@H]1CCc2cc(C(=N)N[C@@H]3CCCN(C(=O)OC(C)(C)C)CC3)ccc2O1)C(C)(C)C. The maximum absolute atomic E-state index is 12.4. The van der Waals surface area contributed by atoms with Crippen molar-refractivity contribution < 1.29 is 19.0 Å². The molecule has 2 aliphatic rings. The summed E-state index contributed by atoms with van der Waals surface area (Å²) >= 11 is 0. The first-order valence-corrected chi connectivity index (χ1v) is 12.9. The van der Waals surface area contributed by atoms with Crippen LogP contribution in [-0.4, -0.2) is 60.4 Å². The number of fused-ring (bicyclic) bond motifs is 1. The van der Waals surface area contributed by atoms with Crippen molar-refractivity contribution >= 4 is 11.9 Å². The number of rotatable bonds is 4.